The van der Waals surface area contributed by atoms with Crippen LogP contribution in [0, 0.1) is 34.5 Å². The van der Waals surface area contributed by atoms with E-state index in [1.54, 1.807) is 12.5 Å². The van der Waals surface area contributed by atoms with Crippen molar-refractivity contribution in [3.8, 4) is 0 Å². The van der Waals surface area contributed by atoms with E-state index in [1.807, 2.05) is 0 Å². The highest BCUT2D eigenvalue weighted by molar-refractivity contribution is 5.79. The average molecular weight is 359 g/mol. The number of Topliss-reactive ketones (excluding diaryl/α,β-unsaturated/α-hetero) is 1. The smallest absolute Gasteiger partial charge is 0.302 e. The fourth-order valence-corrected chi connectivity index (χ4v) is 7.63. The average Bonchev–Trinajstić information content (AvgIpc) is 2.92. The molecule has 0 aromatic carbocycles. The molecule has 0 amide bonds. The van der Waals surface area contributed by atoms with Gasteiger partial charge in [-0.15, -0.1) is 0 Å². The number of carbonyl (C=O) groups is 2. The molecule has 3 nitrogen and oxygen atoms in total. The molecule has 3 heteroatoms. The van der Waals surface area contributed by atoms with Gasteiger partial charge in [-0.25, -0.2) is 0 Å². The number of rotatable bonds is 2. The van der Waals surface area contributed by atoms with Crippen molar-refractivity contribution in [2.24, 2.45) is 34.5 Å². The van der Waals surface area contributed by atoms with Gasteiger partial charge in [0.05, 0.1) is 0 Å². The van der Waals surface area contributed by atoms with Crippen molar-refractivity contribution in [1.82, 2.24) is 0 Å². The van der Waals surface area contributed by atoms with Gasteiger partial charge in [-0.05, 0) is 80.5 Å². The zero-order chi connectivity index (χ0) is 18.7. The minimum Gasteiger partial charge on any atom is -0.462 e. The standard InChI is InChI=1S/C23H34O3/c1-14(24)19-7-8-20-18-6-5-16-13-17(26-15(2)25)9-11-22(16,3)21(18)10-12-23(19,20)4/h5,17-21H,6-13H2,1-4H3/t17-,18-,19+,20+,21+,22-,23+/m0/s1. The highest BCUT2D eigenvalue weighted by Crippen LogP contribution is 2.66. The number of hydrogen-bond acceptors (Lipinski definition) is 3. The van der Waals surface area contributed by atoms with Crippen molar-refractivity contribution in [2.75, 3.05) is 0 Å². The lowest BCUT2D eigenvalue weighted by Gasteiger charge is -2.58. The summed E-state index contributed by atoms with van der Waals surface area (Å²) in [5, 5.41) is 0. The van der Waals surface area contributed by atoms with Crippen LogP contribution in [0.15, 0.2) is 11.6 Å². The Bertz CT molecular complexity index is 650. The zero-order valence-electron chi connectivity index (χ0n) is 16.8. The Kier molecular flexibility index (Phi) is 4.36. The van der Waals surface area contributed by atoms with Crippen LogP contribution in [0.2, 0.25) is 0 Å². The first-order valence-electron chi connectivity index (χ1n) is 10.6. The van der Waals surface area contributed by atoms with Gasteiger partial charge in [0.25, 0.3) is 0 Å². The van der Waals surface area contributed by atoms with Gasteiger partial charge in [0.15, 0.2) is 0 Å². The Morgan fingerprint density at radius 1 is 1.04 bits per heavy atom. The molecule has 0 aromatic heterocycles. The molecular weight excluding hydrogens is 324 g/mol. The van der Waals surface area contributed by atoms with Crippen molar-refractivity contribution >= 4 is 11.8 Å². The van der Waals surface area contributed by atoms with E-state index in [4.69, 9.17) is 4.74 Å². The van der Waals surface area contributed by atoms with Crippen LogP contribution in [0.3, 0.4) is 0 Å². The zero-order valence-corrected chi connectivity index (χ0v) is 16.8. The van der Waals surface area contributed by atoms with E-state index in [0.717, 1.165) is 43.9 Å². The minimum atomic E-state index is -0.150. The van der Waals surface area contributed by atoms with Crippen LogP contribution in [0.4, 0.5) is 0 Å². The summed E-state index contributed by atoms with van der Waals surface area (Å²) in [4.78, 5) is 23.6. The molecule has 4 rings (SSSR count). The normalized spacial score (nSPS) is 47.2. The summed E-state index contributed by atoms with van der Waals surface area (Å²) in [7, 11) is 0. The maximum absolute atomic E-state index is 12.2. The second-order valence-corrected chi connectivity index (χ2v) is 10.0. The van der Waals surface area contributed by atoms with Gasteiger partial charge in [0.1, 0.15) is 11.9 Å². The van der Waals surface area contributed by atoms with Crippen molar-refractivity contribution in [3.63, 3.8) is 0 Å². The number of fused-ring (bicyclic) bond motifs is 5. The minimum absolute atomic E-state index is 0.0748. The van der Waals surface area contributed by atoms with E-state index in [1.165, 1.54) is 26.2 Å². The summed E-state index contributed by atoms with van der Waals surface area (Å²) < 4.78 is 5.53. The number of carbonyl (C=O) groups excluding carboxylic acids is 2. The fraction of sp³-hybridized carbons (Fsp3) is 0.826. The molecule has 3 saturated carbocycles. The molecule has 0 bridgehead atoms. The maximum atomic E-state index is 12.2. The lowest BCUT2D eigenvalue weighted by Crippen LogP contribution is -2.51. The van der Waals surface area contributed by atoms with E-state index >= 15 is 0 Å². The van der Waals surface area contributed by atoms with Crippen LogP contribution in [0.5, 0.6) is 0 Å². The van der Waals surface area contributed by atoms with Crippen LogP contribution in [-0.4, -0.2) is 17.9 Å². The largest absolute Gasteiger partial charge is 0.462 e. The maximum Gasteiger partial charge on any atom is 0.302 e. The molecule has 4 aliphatic rings. The monoisotopic (exact) mass is 358 g/mol. The third-order valence-electron chi connectivity index (χ3n) is 8.88. The van der Waals surface area contributed by atoms with E-state index in [-0.39, 0.29) is 28.8 Å². The van der Waals surface area contributed by atoms with Crippen molar-refractivity contribution in [3.05, 3.63) is 11.6 Å². The number of ketones is 1. The molecule has 0 heterocycles. The van der Waals surface area contributed by atoms with Crippen molar-refractivity contribution < 1.29 is 14.3 Å². The highest BCUT2D eigenvalue weighted by Gasteiger charge is 2.59. The summed E-state index contributed by atoms with van der Waals surface area (Å²) >= 11 is 0. The van der Waals surface area contributed by atoms with Crippen LogP contribution in [0.1, 0.15) is 79.1 Å². The van der Waals surface area contributed by atoms with E-state index in [0.29, 0.717) is 11.7 Å². The number of esters is 1. The van der Waals surface area contributed by atoms with Gasteiger partial charge < -0.3 is 4.74 Å². The third kappa shape index (κ3) is 2.60. The molecule has 0 radical (unpaired) electrons. The Hall–Kier alpha value is -1.12. The molecule has 0 aliphatic heterocycles. The summed E-state index contributed by atoms with van der Waals surface area (Å²) in [5.74, 6) is 2.72. The highest BCUT2D eigenvalue weighted by atomic mass is 16.5. The number of ether oxygens (including phenoxy) is 1. The van der Waals surface area contributed by atoms with E-state index in [2.05, 4.69) is 19.9 Å². The van der Waals surface area contributed by atoms with Gasteiger partial charge in [0, 0.05) is 19.3 Å². The molecule has 4 aliphatic carbocycles. The topological polar surface area (TPSA) is 43.4 Å². The molecule has 0 saturated heterocycles. The van der Waals surface area contributed by atoms with E-state index in [9.17, 15) is 9.59 Å². The van der Waals surface area contributed by atoms with Crippen molar-refractivity contribution in [1.29, 1.82) is 0 Å². The summed E-state index contributed by atoms with van der Waals surface area (Å²) in [5.41, 5.74) is 2.04. The Balaban J connectivity index is 1.59. The quantitative estimate of drug-likeness (QED) is 0.510. The fourth-order valence-electron chi connectivity index (χ4n) is 7.63. The molecule has 144 valence electrons. The van der Waals surface area contributed by atoms with Crippen LogP contribution < -0.4 is 0 Å². The lowest BCUT2D eigenvalue weighted by molar-refractivity contribution is -0.149. The predicted octanol–water partition coefficient (Wildman–Crippen LogP) is 5.09. The van der Waals surface area contributed by atoms with Gasteiger partial charge in [-0.2, -0.15) is 0 Å². The van der Waals surface area contributed by atoms with Crippen LogP contribution in [0.25, 0.3) is 0 Å². The lowest BCUT2D eigenvalue weighted by atomic mass is 9.47. The SMILES string of the molecule is CC(=O)O[C@H]1CC[C@@]2(C)C(=CC[C@H]3[C@H]4CC[C@H](C(C)=O)[C@@]4(C)CC[C@H]32)C1. The first kappa shape index (κ1) is 18.3. The van der Waals surface area contributed by atoms with Gasteiger partial charge >= 0.3 is 5.97 Å². The molecule has 26 heavy (non-hydrogen) atoms. The first-order chi connectivity index (χ1) is 12.3. The van der Waals surface area contributed by atoms with Gasteiger partial charge in [-0.1, -0.05) is 25.5 Å². The molecule has 7 atom stereocenters. The Labute approximate surface area is 157 Å². The molecule has 3 fully saturated rings. The molecular formula is C23H34O3. The summed E-state index contributed by atoms with van der Waals surface area (Å²) in [6.45, 7) is 8.21. The molecule has 0 unspecified atom stereocenters. The third-order valence-corrected chi connectivity index (χ3v) is 8.88. The summed E-state index contributed by atoms with van der Waals surface area (Å²) in [6, 6.07) is 0. The van der Waals surface area contributed by atoms with Gasteiger partial charge in [-0.3, -0.25) is 9.59 Å². The first-order valence-corrected chi connectivity index (χ1v) is 10.6. The second-order valence-electron chi connectivity index (χ2n) is 10.0. The summed E-state index contributed by atoms with van der Waals surface area (Å²) in [6.07, 6.45) is 11.6. The predicted molar refractivity (Wildman–Crippen MR) is 101 cm³/mol. The molecule has 0 spiro atoms. The Morgan fingerprint density at radius 3 is 2.50 bits per heavy atom. The molecule has 0 N–H and O–H groups in total. The van der Waals surface area contributed by atoms with Gasteiger partial charge in [0.2, 0.25) is 0 Å². The molecule has 0 aromatic rings. The van der Waals surface area contributed by atoms with E-state index < -0.39 is 0 Å². The number of hydrogen-bond donors (Lipinski definition) is 0. The van der Waals surface area contributed by atoms with Crippen molar-refractivity contribution in [2.45, 2.75) is 85.2 Å². The second kappa shape index (κ2) is 6.21. The van der Waals surface area contributed by atoms with Crippen LogP contribution >= 0.6 is 0 Å². The van der Waals surface area contributed by atoms with Crippen LogP contribution in [-0.2, 0) is 14.3 Å². The number of allylic oxidation sites excluding steroid dienone is 1. The Morgan fingerprint density at radius 2 is 1.81 bits per heavy atom.